The van der Waals surface area contributed by atoms with Crippen molar-refractivity contribution < 1.29 is 9.60 Å². The van der Waals surface area contributed by atoms with E-state index in [-0.39, 0.29) is 17.7 Å². The third-order valence-corrected chi connectivity index (χ3v) is 3.34. The second-order valence-electron chi connectivity index (χ2n) is 4.84. The van der Waals surface area contributed by atoms with E-state index in [2.05, 4.69) is 10.5 Å². The first kappa shape index (κ1) is 15.0. The number of hydrogen-bond acceptors (Lipinski definition) is 3. The molecule has 2 rings (SSSR count). The van der Waals surface area contributed by atoms with Gasteiger partial charge >= 0.3 is 0 Å². The van der Waals surface area contributed by atoms with Crippen molar-refractivity contribution in [1.82, 2.24) is 5.32 Å². The minimum absolute atomic E-state index is 0.0918. The zero-order valence-corrected chi connectivity index (χ0v) is 11.8. The number of oxime groups is 1. The molecule has 1 atom stereocenters. The van der Waals surface area contributed by atoms with Gasteiger partial charge in [0, 0.05) is 18.2 Å². The lowest BCUT2D eigenvalue weighted by Gasteiger charge is -2.14. The fourth-order valence-electron chi connectivity index (χ4n) is 1.99. The molecule has 0 aromatic heterocycles. The number of rotatable bonds is 5. The highest BCUT2D eigenvalue weighted by Crippen LogP contribution is 2.14. The standard InChI is InChI=1S/C16H18FN3O/c1-11(13-6-8-15(17)9-7-13)19-10-12-2-4-14(5-3-12)16(18)20-21/h2-9,11,19,21H,10H2,1H3,(H2,18,20). The van der Waals surface area contributed by atoms with Crippen LogP contribution in [-0.2, 0) is 6.54 Å². The van der Waals surface area contributed by atoms with Gasteiger partial charge in [0.05, 0.1) is 0 Å². The Kier molecular flexibility index (Phi) is 4.90. The van der Waals surface area contributed by atoms with Crippen LogP contribution in [0.5, 0.6) is 0 Å². The summed E-state index contributed by atoms with van der Waals surface area (Å²) in [5.74, 6) is -0.140. The van der Waals surface area contributed by atoms with Crippen molar-refractivity contribution in [3.05, 3.63) is 71.0 Å². The van der Waals surface area contributed by atoms with E-state index in [0.717, 1.165) is 11.1 Å². The zero-order valence-electron chi connectivity index (χ0n) is 11.8. The summed E-state index contributed by atoms with van der Waals surface area (Å²) in [6, 6.07) is 14.0. The number of benzene rings is 2. The molecule has 2 aromatic carbocycles. The molecular weight excluding hydrogens is 269 g/mol. The Morgan fingerprint density at radius 2 is 1.81 bits per heavy atom. The van der Waals surface area contributed by atoms with Gasteiger partial charge in [-0.15, -0.1) is 0 Å². The van der Waals surface area contributed by atoms with Crippen LogP contribution in [0.3, 0.4) is 0 Å². The summed E-state index contributed by atoms with van der Waals surface area (Å²) in [7, 11) is 0. The quantitative estimate of drug-likeness (QED) is 0.343. The van der Waals surface area contributed by atoms with Gasteiger partial charge in [0.15, 0.2) is 5.84 Å². The van der Waals surface area contributed by atoms with Gasteiger partial charge in [-0.2, -0.15) is 0 Å². The second-order valence-corrected chi connectivity index (χ2v) is 4.84. The zero-order chi connectivity index (χ0) is 15.2. The van der Waals surface area contributed by atoms with E-state index in [9.17, 15) is 4.39 Å². The number of nitrogens with zero attached hydrogens (tertiary/aromatic N) is 1. The highest BCUT2D eigenvalue weighted by Gasteiger charge is 2.05. The van der Waals surface area contributed by atoms with Crippen molar-refractivity contribution >= 4 is 5.84 Å². The van der Waals surface area contributed by atoms with E-state index in [4.69, 9.17) is 10.9 Å². The summed E-state index contributed by atoms with van der Waals surface area (Å²) in [5, 5.41) is 14.9. The highest BCUT2D eigenvalue weighted by molar-refractivity contribution is 5.96. The van der Waals surface area contributed by atoms with Crippen molar-refractivity contribution in [2.45, 2.75) is 19.5 Å². The van der Waals surface area contributed by atoms with E-state index in [1.807, 2.05) is 19.1 Å². The predicted molar refractivity (Wildman–Crippen MR) is 80.6 cm³/mol. The van der Waals surface area contributed by atoms with Gasteiger partial charge in [0.25, 0.3) is 0 Å². The minimum atomic E-state index is -0.232. The average Bonchev–Trinajstić information content (AvgIpc) is 2.53. The Labute approximate surface area is 123 Å². The van der Waals surface area contributed by atoms with Gasteiger partial charge in [-0.25, -0.2) is 4.39 Å². The summed E-state index contributed by atoms with van der Waals surface area (Å²) in [4.78, 5) is 0. The van der Waals surface area contributed by atoms with Crippen molar-refractivity contribution in [2.75, 3.05) is 0 Å². The van der Waals surface area contributed by atoms with Gasteiger partial charge < -0.3 is 16.3 Å². The molecule has 1 unspecified atom stereocenters. The lowest BCUT2D eigenvalue weighted by molar-refractivity contribution is 0.318. The van der Waals surface area contributed by atoms with Crippen molar-refractivity contribution in [3.8, 4) is 0 Å². The normalized spacial score (nSPS) is 13.1. The van der Waals surface area contributed by atoms with Crippen LogP contribution in [0.2, 0.25) is 0 Å². The molecular formula is C16H18FN3O. The molecule has 110 valence electrons. The van der Waals surface area contributed by atoms with Crippen LogP contribution in [0, 0.1) is 5.82 Å². The predicted octanol–water partition coefficient (Wildman–Crippen LogP) is 2.77. The van der Waals surface area contributed by atoms with E-state index in [0.29, 0.717) is 12.1 Å². The molecule has 0 spiro atoms. The summed E-state index contributed by atoms with van der Waals surface area (Å²) in [6.45, 7) is 2.70. The molecule has 0 saturated carbocycles. The number of amidine groups is 1. The van der Waals surface area contributed by atoms with E-state index in [1.54, 1.807) is 24.3 Å². The van der Waals surface area contributed by atoms with Crippen molar-refractivity contribution in [2.24, 2.45) is 10.9 Å². The summed E-state index contributed by atoms with van der Waals surface area (Å²) >= 11 is 0. The Morgan fingerprint density at radius 1 is 1.19 bits per heavy atom. The minimum Gasteiger partial charge on any atom is -0.409 e. The lowest BCUT2D eigenvalue weighted by Crippen LogP contribution is -2.18. The fourth-order valence-corrected chi connectivity index (χ4v) is 1.99. The SMILES string of the molecule is CC(NCc1ccc(C(N)=NO)cc1)c1ccc(F)cc1. The summed E-state index contributed by atoms with van der Waals surface area (Å²) in [6.07, 6.45) is 0. The Balaban J connectivity index is 1.95. The van der Waals surface area contributed by atoms with Gasteiger partial charge in [0.2, 0.25) is 0 Å². The Bertz CT molecular complexity index is 608. The molecule has 2 aromatic rings. The van der Waals surface area contributed by atoms with Crippen molar-refractivity contribution in [1.29, 1.82) is 0 Å². The maximum absolute atomic E-state index is 12.9. The number of hydrogen-bond donors (Lipinski definition) is 3. The monoisotopic (exact) mass is 287 g/mol. The van der Waals surface area contributed by atoms with Crippen molar-refractivity contribution in [3.63, 3.8) is 0 Å². The molecule has 0 fully saturated rings. The van der Waals surface area contributed by atoms with Crippen LogP contribution < -0.4 is 11.1 Å². The molecule has 0 radical (unpaired) electrons. The topological polar surface area (TPSA) is 70.6 Å². The van der Waals surface area contributed by atoms with Crippen LogP contribution >= 0.6 is 0 Å². The molecule has 5 heteroatoms. The van der Waals surface area contributed by atoms with Crippen LogP contribution in [-0.4, -0.2) is 11.0 Å². The Morgan fingerprint density at radius 3 is 2.38 bits per heavy atom. The number of nitrogens with two attached hydrogens (primary N) is 1. The third-order valence-electron chi connectivity index (χ3n) is 3.34. The first-order valence-electron chi connectivity index (χ1n) is 6.66. The van der Waals surface area contributed by atoms with E-state index in [1.165, 1.54) is 12.1 Å². The van der Waals surface area contributed by atoms with Gasteiger partial charge in [0.1, 0.15) is 5.82 Å². The van der Waals surface area contributed by atoms with E-state index >= 15 is 0 Å². The lowest BCUT2D eigenvalue weighted by atomic mass is 10.1. The maximum atomic E-state index is 12.9. The molecule has 4 nitrogen and oxygen atoms in total. The van der Waals surface area contributed by atoms with Gasteiger partial charge in [-0.1, -0.05) is 41.6 Å². The molecule has 0 aliphatic heterocycles. The highest BCUT2D eigenvalue weighted by atomic mass is 19.1. The molecule has 0 amide bonds. The van der Waals surface area contributed by atoms with Gasteiger partial charge in [-0.3, -0.25) is 0 Å². The molecule has 0 saturated heterocycles. The average molecular weight is 287 g/mol. The van der Waals surface area contributed by atoms with Crippen LogP contribution in [0.25, 0.3) is 0 Å². The smallest absolute Gasteiger partial charge is 0.170 e. The van der Waals surface area contributed by atoms with Crippen LogP contribution in [0.15, 0.2) is 53.7 Å². The van der Waals surface area contributed by atoms with Crippen LogP contribution in [0.1, 0.15) is 29.7 Å². The molecule has 0 aliphatic rings. The van der Waals surface area contributed by atoms with Gasteiger partial charge in [-0.05, 0) is 30.2 Å². The molecule has 0 heterocycles. The Hall–Kier alpha value is -2.40. The number of halogens is 1. The third kappa shape index (κ3) is 4.03. The molecule has 4 N–H and O–H groups in total. The molecule has 0 bridgehead atoms. The van der Waals surface area contributed by atoms with E-state index < -0.39 is 0 Å². The molecule has 21 heavy (non-hydrogen) atoms. The number of nitrogens with one attached hydrogen (secondary N) is 1. The van der Waals surface area contributed by atoms with Crippen LogP contribution in [0.4, 0.5) is 4.39 Å². The second kappa shape index (κ2) is 6.85. The summed E-state index contributed by atoms with van der Waals surface area (Å²) < 4.78 is 12.9. The summed E-state index contributed by atoms with van der Waals surface area (Å²) in [5.41, 5.74) is 8.30. The fraction of sp³-hybridized carbons (Fsp3) is 0.188. The first-order valence-corrected chi connectivity index (χ1v) is 6.66. The first-order chi connectivity index (χ1) is 10.1. The maximum Gasteiger partial charge on any atom is 0.170 e. The molecule has 0 aliphatic carbocycles. The largest absolute Gasteiger partial charge is 0.409 e.